The van der Waals surface area contributed by atoms with Crippen molar-refractivity contribution in [1.82, 2.24) is 14.5 Å². The van der Waals surface area contributed by atoms with E-state index in [0.717, 1.165) is 39.4 Å². The van der Waals surface area contributed by atoms with E-state index >= 15 is 0 Å². The summed E-state index contributed by atoms with van der Waals surface area (Å²) in [5.74, 6) is 0.630. The number of carbonyl (C=O) groups excluding carboxylic acids is 1. The van der Waals surface area contributed by atoms with Crippen LogP contribution in [0.1, 0.15) is 12.5 Å². The average molecular weight is 372 g/mol. The lowest BCUT2D eigenvalue weighted by Crippen LogP contribution is -2.05. The van der Waals surface area contributed by atoms with Crippen LogP contribution >= 0.6 is 0 Å². The summed E-state index contributed by atoms with van der Waals surface area (Å²) in [6.45, 7) is 1.58. The van der Waals surface area contributed by atoms with Crippen molar-refractivity contribution in [2.24, 2.45) is 0 Å². The fourth-order valence-electron chi connectivity index (χ4n) is 3.30. The third-order valence-corrected chi connectivity index (χ3v) is 4.51. The molecule has 0 aliphatic heterocycles. The number of nitrogens with zero attached hydrogens (tertiary/aromatic N) is 3. The normalized spacial score (nSPS) is 10.9. The number of amides is 1. The van der Waals surface area contributed by atoms with E-state index < -0.39 is 0 Å². The van der Waals surface area contributed by atoms with Gasteiger partial charge in [0, 0.05) is 37.0 Å². The molecule has 6 nitrogen and oxygen atoms in total. The summed E-state index contributed by atoms with van der Waals surface area (Å²) in [7, 11) is 0. The molecule has 6 heteroatoms. The molecule has 0 bridgehead atoms. The zero-order valence-electron chi connectivity index (χ0n) is 15.5. The number of carbonyl (C=O) groups is 1. The lowest BCUT2D eigenvalue weighted by atomic mass is 10.1. The predicted molar refractivity (Wildman–Crippen MR) is 109 cm³/mol. The highest BCUT2D eigenvalue weighted by Gasteiger charge is 2.12. The molecule has 0 radical (unpaired) electrons. The standard InChI is InChI=1S/C22H20N4O2/c1-15(28)24-18-7-9-19-17(14-18)6-8-20(25-19)22-23-11-12-26(22)21-5-3-2-4-16(21)10-13-27/h2-9,11-12,14,27H,10,13H2,1H3,(H,24,28). The summed E-state index contributed by atoms with van der Waals surface area (Å²) in [5.41, 5.74) is 4.35. The van der Waals surface area contributed by atoms with Crippen LogP contribution < -0.4 is 5.32 Å². The third-order valence-electron chi connectivity index (χ3n) is 4.51. The predicted octanol–water partition coefficient (Wildman–Crippen LogP) is 3.58. The van der Waals surface area contributed by atoms with Crippen LogP contribution in [0.4, 0.5) is 5.69 Å². The molecule has 1 amide bonds. The van der Waals surface area contributed by atoms with Crippen molar-refractivity contribution >= 4 is 22.5 Å². The van der Waals surface area contributed by atoms with Gasteiger partial charge in [0.2, 0.25) is 5.91 Å². The molecule has 0 atom stereocenters. The lowest BCUT2D eigenvalue weighted by molar-refractivity contribution is -0.114. The average Bonchev–Trinajstić information content (AvgIpc) is 3.17. The number of benzene rings is 2. The molecule has 0 aliphatic carbocycles. The molecule has 4 rings (SSSR count). The van der Waals surface area contributed by atoms with E-state index in [9.17, 15) is 9.90 Å². The molecule has 0 spiro atoms. The van der Waals surface area contributed by atoms with Crippen molar-refractivity contribution in [2.45, 2.75) is 13.3 Å². The SMILES string of the molecule is CC(=O)Nc1ccc2nc(-c3nccn3-c3ccccc3CCO)ccc2c1. The van der Waals surface area contributed by atoms with Gasteiger partial charge in [0.25, 0.3) is 0 Å². The zero-order chi connectivity index (χ0) is 19.5. The van der Waals surface area contributed by atoms with Crippen molar-refractivity contribution in [3.63, 3.8) is 0 Å². The Morgan fingerprint density at radius 1 is 1.14 bits per heavy atom. The van der Waals surface area contributed by atoms with Crippen molar-refractivity contribution in [2.75, 3.05) is 11.9 Å². The first-order valence-electron chi connectivity index (χ1n) is 9.07. The number of aromatic nitrogens is 3. The smallest absolute Gasteiger partial charge is 0.221 e. The summed E-state index contributed by atoms with van der Waals surface area (Å²) in [4.78, 5) is 20.5. The molecule has 2 aromatic carbocycles. The first-order chi connectivity index (χ1) is 13.7. The summed E-state index contributed by atoms with van der Waals surface area (Å²) in [6, 6.07) is 17.5. The van der Waals surface area contributed by atoms with E-state index in [1.165, 1.54) is 6.92 Å². The van der Waals surface area contributed by atoms with Gasteiger partial charge in [-0.05, 0) is 42.3 Å². The van der Waals surface area contributed by atoms with Crippen LogP contribution in [-0.4, -0.2) is 32.2 Å². The lowest BCUT2D eigenvalue weighted by Gasteiger charge is -2.13. The minimum Gasteiger partial charge on any atom is -0.396 e. The minimum atomic E-state index is -0.104. The van der Waals surface area contributed by atoms with Gasteiger partial charge in [0.15, 0.2) is 5.82 Å². The van der Waals surface area contributed by atoms with Gasteiger partial charge < -0.3 is 10.4 Å². The van der Waals surface area contributed by atoms with Crippen molar-refractivity contribution in [3.05, 3.63) is 72.6 Å². The van der Waals surface area contributed by atoms with Gasteiger partial charge in [0.05, 0.1) is 11.2 Å². The molecule has 0 saturated heterocycles. The quantitative estimate of drug-likeness (QED) is 0.561. The number of hydrogen-bond donors (Lipinski definition) is 2. The Morgan fingerprint density at radius 2 is 2.00 bits per heavy atom. The van der Waals surface area contributed by atoms with Crippen LogP contribution in [0.3, 0.4) is 0 Å². The second-order valence-electron chi connectivity index (χ2n) is 6.51. The van der Waals surface area contributed by atoms with Gasteiger partial charge in [0.1, 0.15) is 5.69 Å². The largest absolute Gasteiger partial charge is 0.396 e. The highest BCUT2D eigenvalue weighted by atomic mass is 16.3. The molecule has 2 N–H and O–H groups in total. The molecule has 4 aromatic rings. The summed E-state index contributed by atoms with van der Waals surface area (Å²) in [5, 5.41) is 13.1. The fraction of sp³-hybridized carbons (Fsp3) is 0.136. The minimum absolute atomic E-state index is 0.0892. The molecule has 2 heterocycles. The molecule has 0 aliphatic rings. The maximum atomic E-state index is 11.3. The number of pyridine rings is 1. The molecule has 0 saturated carbocycles. The van der Waals surface area contributed by atoms with Crippen LogP contribution in [0.2, 0.25) is 0 Å². The molecule has 2 aromatic heterocycles. The van der Waals surface area contributed by atoms with Gasteiger partial charge in [-0.15, -0.1) is 0 Å². The third kappa shape index (κ3) is 3.50. The Morgan fingerprint density at radius 3 is 2.82 bits per heavy atom. The van der Waals surface area contributed by atoms with E-state index in [1.54, 1.807) is 6.20 Å². The first-order valence-corrected chi connectivity index (χ1v) is 9.07. The Bertz CT molecular complexity index is 1150. The van der Waals surface area contributed by atoms with Crippen LogP contribution in [0, 0.1) is 0 Å². The number of aliphatic hydroxyl groups is 1. The first kappa shape index (κ1) is 17.9. The highest BCUT2D eigenvalue weighted by molar-refractivity contribution is 5.92. The monoisotopic (exact) mass is 372 g/mol. The van der Waals surface area contributed by atoms with E-state index in [2.05, 4.69) is 10.3 Å². The second-order valence-corrected chi connectivity index (χ2v) is 6.51. The van der Waals surface area contributed by atoms with Crippen molar-refractivity contribution < 1.29 is 9.90 Å². The second kappa shape index (κ2) is 7.62. The van der Waals surface area contributed by atoms with E-state index in [0.29, 0.717) is 6.42 Å². The Hall–Kier alpha value is -3.51. The van der Waals surface area contributed by atoms with Crippen LogP contribution in [-0.2, 0) is 11.2 Å². The number of aliphatic hydroxyl groups excluding tert-OH is 1. The zero-order valence-corrected chi connectivity index (χ0v) is 15.5. The van der Waals surface area contributed by atoms with Gasteiger partial charge in [-0.25, -0.2) is 9.97 Å². The fourth-order valence-corrected chi connectivity index (χ4v) is 3.30. The van der Waals surface area contributed by atoms with Gasteiger partial charge in [-0.2, -0.15) is 0 Å². The highest BCUT2D eigenvalue weighted by Crippen LogP contribution is 2.26. The van der Waals surface area contributed by atoms with E-state index in [4.69, 9.17) is 4.98 Å². The number of anilines is 1. The molecule has 140 valence electrons. The number of hydrogen-bond acceptors (Lipinski definition) is 4. The Labute approximate surface area is 162 Å². The molecular weight excluding hydrogens is 352 g/mol. The maximum absolute atomic E-state index is 11.3. The topological polar surface area (TPSA) is 80.0 Å². The summed E-state index contributed by atoms with van der Waals surface area (Å²) < 4.78 is 1.99. The molecule has 28 heavy (non-hydrogen) atoms. The van der Waals surface area contributed by atoms with E-state index in [-0.39, 0.29) is 12.5 Å². The molecule has 0 unspecified atom stereocenters. The number of fused-ring (bicyclic) bond motifs is 1. The summed E-state index contributed by atoms with van der Waals surface area (Å²) >= 11 is 0. The van der Waals surface area contributed by atoms with Crippen LogP contribution in [0.15, 0.2) is 67.0 Å². The molecule has 0 fully saturated rings. The Kier molecular flexibility index (Phi) is 4.87. The van der Waals surface area contributed by atoms with Gasteiger partial charge >= 0.3 is 0 Å². The number of nitrogens with one attached hydrogen (secondary N) is 1. The van der Waals surface area contributed by atoms with Crippen LogP contribution in [0.5, 0.6) is 0 Å². The van der Waals surface area contributed by atoms with Gasteiger partial charge in [-0.3, -0.25) is 9.36 Å². The van der Waals surface area contributed by atoms with Crippen molar-refractivity contribution in [3.8, 4) is 17.2 Å². The van der Waals surface area contributed by atoms with E-state index in [1.807, 2.05) is 65.4 Å². The number of para-hydroxylation sites is 1. The number of imidazole rings is 1. The summed E-state index contributed by atoms with van der Waals surface area (Å²) in [6.07, 6.45) is 4.22. The number of rotatable bonds is 5. The van der Waals surface area contributed by atoms with Gasteiger partial charge in [-0.1, -0.05) is 24.3 Å². The van der Waals surface area contributed by atoms with Crippen molar-refractivity contribution in [1.29, 1.82) is 0 Å². The maximum Gasteiger partial charge on any atom is 0.221 e. The van der Waals surface area contributed by atoms with Crippen LogP contribution in [0.25, 0.3) is 28.1 Å². The Balaban J connectivity index is 1.76. The molecular formula is C22H20N4O2.